The summed E-state index contributed by atoms with van der Waals surface area (Å²) in [5.74, 6) is -1.58. The molecule has 0 fully saturated rings. The number of aryl methyl sites for hydroxylation is 1. The first kappa shape index (κ1) is 23.4. The van der Waals surface area contributed by atoms with Gasteiger partial charge < -0.3 is 14.9 Å². The van der Waals surface area contributed by atoms with Gasteiger partial charge in [-0.2, -0.15) is 5.11 Å². The van der Waals surface area contributed by atoms with Gasteiger partial charge in [-0.25, -0.2) is 4.79 Å². The molecule has 0 heterocycles. The second-order valence-corrected chi connectivity index (χ2v) is 7.26. The van der Waals surface area contributed by atoms with E-state index >= 15 is 0 Å². The fraction of sp³-hybridized carbons (Fsp3) is 0.154. The number of esters is 1. The number of rotatable bonds is 9. The standard InChI is InChI=1S/C26H24N2O5/c1-3-23(30)33-16-8-12-18-11-7-13-21(17(18)2)27-28-24-22(29)15-14-20(26(24)32)25(31)19-9-5-4-6-10-19/h3-7,9-11,13-15,29,32H,1,8,12,16H2,2H3. The largest absolute Gasteiger partial charge is 0.505 e. The van der Waals surface area contributed by atoms with Crippen molar-refractivity contribution < 1.29 is 24.5 Å². The van der Waals surface area contributed by atoms with E-state index in [1.165, 1.54) is 12.1 Å². The maximum Gasteiger partial charge on any atom is 0.330 e. The van der Waals surface area contributed by atoms with Crippen molar-refractivity contribution in [2.75, 3.05) is 6.61 Å². The van der Waals surface area contributed by atoms with Crippen LogP contribution in [0.1, 0.15) is 33.5 Å². The summed E-state index contributed by atoms with van der Waals surface area (Å²) in [4.78, 5) is 23.9. The summed E-state index contributed by atoms with van der Waals surface area (Å²) in [7, 11) is 0. The Morgan fingerprint density at radius 2 is 1.76 bits per heavy atom. The lowest BCUT2D eigenvalue weighted by atomic mass is 10.0. The molecule has 3 aromatic rings. The lowest BCUT2D eigenvalue weighted by molar-refractivity contribution is -0.137. The summed E-state index contributed by atoms with van der Waals surface area (Å²) in [6.45, 7) is 5.52. The number of azo groups is 1. The highest BCUT2D eigenvalue weighted by atomic mass is 16.5. The molecule has 0 bridgehead atoms. The van der Waals surface area contributed by atoms with Crippen molar-refractivity contribution in [1.29, 1.82) is 0 Å². The minimum absolute atomic E-state index is 0.0208. The molecule has 3 rings (SSSR count). The zero-order valence-electron chi connectivity index (χ0n) is 18.2. The fourth-order valence-corrected chi connectivity index (χ4v) is 3.24. The van der Waals surface area contributed by atoms with Gasteiger partial charge in [-0.3, -0.25) is 4.79 Å². The van der Waals surface area contributed by atoms with E-state index in [0.717, 1.165) is 17.2 Å². The third-order valence-corrected chi connectivity index (χ3v) is 5.09. The van der Waals surface area contributed by atoms with Gasteiger partial charge >= 0.3 is 5.97 Å². The number of nitrogens with zero attached hydrogens (tertiary/aromatic N) is 2. The maximum atomic E-state index is 12.7. The lowest BCUT2D eigenvalue weighted by Crippen LogP contribution is -2.03. The van der Waals surface area contributed by atoms with Crippen LogP contribution in [0.3, 0.4) is 0 Å². The van der Waals surface area contributed by atoms with Gasteiger partial charge in [0.05, 0.1) is 17.9 Å². The van der Waals surface area contributed by atoms with E-state index in [-0.39, 0.29) is 29.4 Å². The van der Waals surface area contributed by atoms with Crippen molar-refractivity contribution in [1.82, 2.24) is 0 Å². The summed E-state index contributed by atoms with van der Waals surface area (Å²) in [5, 5.41) is 29.1. The molecule has 0 atom stereocenters. The molecule has 0 unspecified atom stereocenters. The maximum absolute atomic E-state index is 12.7. The van der Waals surface area contributed by atoms with Gasteiger partial charge in [-0.15, -0.1) is 5.11 Å². The topological polar surface area (TPSA) is 109 Å². The summed E-state index contributed by atoms with van der Waals surface area (Å²) in [6.07, 6.45) is 2.42. The monoisotopic (exact) mass is 444 g/mol. The molecule has 0 aliphatic rings. The van der Waals surface area contributed by atoms with Crippen molar-refractivity contribution >= 4 is 23.1 Å². The van der Waals surface area contributed by atoms with E-state index in [9.17, 15) is 19.8 Å². The number of aromatic hydroxyl groups is 2. The summed E-state index contributed by atoms with van der Waals surface area (Å²) in [5.41, 5.74) is 2.66. The Labute approximate surface area is 191 Å². The number of hydrogen-bond donors (Lipinski definition) is 2. The second kappa shape index (κ2) is 10.9. The zero-order chi connectivity index (χ0) is 23.8. The number of phenols is 2. The fourth-order valence-electron chi connectivity index (χ4n) is 3.24. The van der Waals surface area contributed by atoms with Crippen molar-refractivity contribution in [2.24, 2.45) is 10.2 Å². The van der Waals surface area contributed by atoms with E-state index in [2.05, 4.69) is 16.8 Å². The van der Waals surface area contributed by atoms with Crippen LogP contribution in [0.25, 0.3) is 0 Å². The molecular formula is C26H24N2O5. The first-order valence-corrected chi connectivity index (χ1v) is 10.4. The van der Waals surface area contributed by atoms with Gasteiger partial charge in [-0.1, -0.05) is 49.0 Å². The van der Waals surface area contributed by atoms with Crippen LogP contribution < -0.4 is 0 Å². The average Bonchev–Trinajstić information content (AvgIpc) is 2.83. The molecule has 7 nitrogen and oxygen atoms in total. The highest BCUT2D eigenvalue weighted by molar-refractivity contribution is 6.11. The molecule has 0 aliphatic carbocycles. The second-order valence-electron chi connectivity index (χ2n) is 7.26. The van der Waals surface area contributed by atoms with Crippen LogP contribution in [-0.4, -0.2) is 28.6 Å². The first-order chi connectivity index (χ1) is 15.9. The quantitative estimate of drug-likeness (QED) is 0.144. The van der Waals surface area contributed by atoms with Crippen molar-refractivity contribution in [2.45, 2.75) is 19.8 Å². The summed E-state index contributed by atoms with van der Waals surface area (Å²) < 4.78 is 5.00. The number of ether oxygens (including phenoxy) is 1. The lowest BCUT2D eigenvalue weighted by Gasteiger charge is -2.09. The van der Waals surface area contributed by atoms with E-state index in [0.29, 0.717) is 24.1 Å². The molecule has 3 aromatic carbocycles. The van der Waals surface area contributed by atoms with Crippen LogP contribution in [0.15, 0.2) is 83.5 Å². The molecule has 0 aromatic heterocycles. The highest BCUT2D eigenvalue weighted by Gasteiger charge is 2.19. The van der Waals surface area contributed by atoms with Crippen LogP contribution >= 0.6 is 0 Å². The number of carbonyl (C=O) groups is 2. The Kier molecular flexibility index (Phi) is 7.70. The summed E-state index contributed by atoms with van der Waals surface area (Å²) in [6, 6.07) is 16.7. The molecule has 0 saturated heterocycles. The van der Waals surface area contributed by atoms with E-state index in [1.807, 2.05) is 19.1 Å². The SMILES string of the molecule is C=CC(=O)OCCCc1cccc(N=Nc2c(O)ccc(C(=O)c3ccccc3)c2O)c1C. The van der Waals surface area contributed by atoms with Crippen LogP contribution in [0, 0.1) is 6.92 Å². The Morgan fingerprint density at radius 1 is 1.00 bits per heavy atom. The van der Waals surface area contributed by atoms with Gasteiger partial charge in [0, 0.05) is 11.6 Å². The molecule has 7 heteroatoms. The number of phenolic OH excluding ortho intramolecular Hbond substituents is 2. The highest BCUT2D eigenvalue weighted by Crippen LogP contribution is 2.40. The smallest absolute Gasteiger partial charge is 0.330 e. The predicted molar refractivity (Wildman–Crippen MR) is 124 cm³/mol. The van der Waals surface area contributed by atoms with E-state index in [1.54, 1.807) is 36.4 Å². The van der Waals surface area contributed by atoms with Gasteiger partial charge in [0.2, 0.25) is 0 Å². The average molecular weight is 444 g/mol. The van der Waals surface area contributed by atoms with E-state index < -0.39 is 11.7 Å². The minimum Gasteiger partial charge on any atom is -0.505 e. The number of hydrogen-bond acceptors (Lipinski definition) is 7. The number of carbonyl (C=O) groups excluding carboxylic acids is 2. The number of benzene rings is 3. The van der Waals surface area contributed by atoms with Crippen molar-refractivity contribution in [3.05, 3.63) is 95.6 Å². The molecule has 33 heavy (non-hydrogen) atoms. The summed E-state index contributed by atoms with van der Waals surface area (Å²) >= 11 is 0. The van der Waals surface area contributed by atoms with Gasteiger partial charge in [0.1, 0.15) is 5.75 Å². The Hall–Kier alpha value is -4.26. The number of ketones is 1. The van der Waals surface area contributed by atoms with Gasteiger partial charge in [0.25, 0.3) is 0 Å². The van der Waals surface area contributed by atoms with Crippen LogP contribution in [-0.2, 0) is 16.0 Å². The first-order valence-electron chi connectivity index (χ1n) is 10.4. The van der Waals surface area contributed by atoms with E-state index in [4.69, 9.17) is 4.74 Å². The molecule has 0 aliphatic heterocycles. The molecular weight excluding hydrogens is 420 g/mol. The predicted octanol–water partition coefficient (Wildman–Crippen LogP) is 5.71. The third kappa shape index (κ3) is 5.71. The zero-order valence-corrected chi connectivity index (χ0v) is 18.2. The van der Waals surface area contributed by atoms with Gasteiger partial charge in [0.15, 0.2) is 17.2 Å². The van der Waals surface area contributed by atoms with Crippen LogP contribution in [0.5, 0.6) is 11.5 Å². The molecule has 0 spiro atoms. The normalized spacial score (nSPS) is 10.8. The third-order valence-electron chi connectivity index (χ3n) is 5.09. The Morgan fingerprint density at radius 3 is 2.48 bits per heavy atom. The molecule has 0 radical (unpaired) electrons. The molecule has 168 valence electrons. The molecule has 0 saturated carbocycles. The molecule has 2 N–H and O–H groups in total. The van der Waals surface area contributed by atoms with Crippen LogP contribution in [0.2, 0.25) is 0 Å². The molecule has 0 amide bonds. The van der Waals surface area contributed by atoms with Crippen molar-refractivity contribution in [3.8, 4) is 11.5 Å². The minimum atomic E-state index is -0.457. The Balaban J connectivity index is 1.81. The van der Waals surface area contributed by atoms with Gasteiger partial charge in [-0.05, 0) is 49.1 Å². The van der Waals surface area contributed by atoms with Crippen LogP contribution in [0.4, 0.5) is 11.4 Å². The Bertz CT molecular complexity index is 1200. The van der Waals surface area contributed by atoms with Crippen molar-refractivity contribution in [3.63, 3.8) is 0 Å².